The zero-order valence-electron chi connectivity index (χ0n) is 11.2. The van der Waals surface area contributed by atoms with Crippen LogP contribution in [-0.4, -0.2) is 16.7 Å². The fourth-order valence-electron chi connectivity index (χ4n) is 1.76. The fraction of sp³-hybridized carbons (Fsp3) is 0.429. The number of rotatable bonds is 5. The van der Waals surface area contributed by atoms with Crippen LogP contribution in [-0.2, 0) is 6.42 Å². The van der Waals surface area contributed by atoms with Crippen molar-refractivity contribution in [3.63, 3.8) is 0 Å². The van der Waals surface area contributed by atoms with Crippen LogP contribution >= 0.6 is 15.9 Å². The second-order valence-corrected chi connectivity index (χ2v) is 5.73. The van der Waals surface area contributed by atoms with Crippen molar-refractivity contribution in [3.8, 4) is 11.4 Å². The van der Waals surface area contributed by atoms with Crippen molar-refractivity contribution in [2.45, 2.75) is 26.7 Å². The number of hydrogen-bond donors (Lipinski definition) is 1. The molecule has 0 bridgehead atoms. The number of nitrogens with zero attached hydrogens (tertiary/aromatic N) is 2. The number of aryl methyl sites for hydroxylation is 2. The summed E-state index contributed by atoms with van der Waals surface area (Å²) in [7, 11) is 0. The highest BCUT2D eigenvalue weighted by molar-refractivity contribution is 9.10. The zero-order valence-corrected chi connectivity index (χ0v) is 12.8. The van der Waals surface area contributed by atoms with Crippen molar-refractivity contribution < 1.29 is 4.52 Å². The van der Waals surface area contributed by atoms with Gasteiger partial charge in [-0.05, 0) is 43.5 Å². The van der Waals surface area contributed by atoms with Gasteiger partial charge in [0.1, 0.15) is 0 Å². The Kier molecular flexibility index (Phi) is 4.71. The lowest BCUT2D eigenvalue weighted by Crippen LogP contribution is -2.11. The molecule has 0 saturated heterocycles. The van der Waals surface area contributed by atoms with Gasteiger partial charge in [-0.15, -0.1) is 0 Å². The van der Waals surface area contributed by atoms with Crippen molar-refractivity contribution in [1.29, 1.82) is 0 Å². The molecule has 1 aromatic heterocycles. The van der Waals surface area contributed by atoms with Gasteiger partial charge in [-0.3, -0.25) is 0 Å². The van der Waals surface area contributed by atoms with E-state index in [0.29, 0.717) is 24.2 Å². The Bertz CT molecular complexity index is 553. The van der Waals surface area contributed by atoms with Gasteiger partial charge in [0, 0.05) is 16.5 Å². The molecule has 5 heteroatoms. The van der Waals surface area contributed by atoms with Crippen molar-refractivity contribution >= 4 is 15.9 Å². The summed E-state index contributed by atoms with van der Waals surface area (Å²) < 4.78 is 6.26. The summed E-state index contributed by atoms with van der Waals surface area (Å²) in [6.45, 7) is 4.85. The van der Waals surface area contributed by atoms with E-state index >= 15 is 0 Å². The third kappa shape index (κ3) is 3.64. The highest BCUT2D eigenvalue weighted by Crippen LogP contribution is 2.27. The van der Waals surface area contributed by atoms with Crippen LogP contribution in [0.5, 0.6) is 0 Å². The molecule has 0 aliphatic rings. The van der Waals surface area contributed by atoms with Crippen LogP contribution in [0.25, 0.3) is 11.4 Å². The lowest BCUT2D eigenvalue weighted by Gasteiger charge is -2.04. The molecule has 0 saturated carbocycles. The molecule has 2 aromatic rings. The Labute approximate surface area is 121 Å². The maximum Gasteiger partial charge on any atom is 0.226 e. The topological polar surface area (TPSA) is 64.9 Å². The molecule has 0 spiro atoms. The molecule has 0 aliphatic heterocycles. The minimum atomic E-state index is 0.474. The van der Waals surface area contributed by atoms with Crippen molar-refractivity contribution in [3.05, 3.63) is 34.1 Å². The first-order valence-electron chi connectivity index (χ1n) is 6.39. The maximum atomic E-state index is 5.59. The molecular weight excluding hydrogens is 306 g/mol. The summed E-state index contributed by atoms with van der Waals surface area (Å²) in [5.41, 5.74) is 7.74. The molecule has 2 N–H and O–H groups in total. The van der Waals surface area contributed by atoms with Gasteiger partial charge >= 0.3 is 0 Å². The molecule has 2 rings (SSSR count). The minimum Gasteiger partial charge on any atom is -0.339 e. The first-order chi connectivity index (χ1) is 9.10. The largest absolute Gasteiger partial charge is 0.339 e. The first kappa shape index (κ1) is 14.2. The van der Waals surface area contributed by atoms with Gasteiger partial charge in [-0.2, -0.15) is 4.98 Å². The molecule has 1 heterocycles. The third-order valence-corrected chi connectivity index (χ3v) is 3.74. The van der Waals surface area contributed by atoms with Crippen LogP contribution in [0.2, 0.25) is 0 Å². The molecule has 0 aliphatic carbocycles. The molecule has 0 radical (unpaired) electrons. The molecule has 1 aromatic carbocycles. The van der Waals surface area contributed by atoms with E-state index in [2.05, 4.69) is 33.0 Å². The molecule has 1 unspecified atom stereocenters. The minimum absolute atomic E-state index is 0.474. The molecule has 19 heavy (non-hydrogen) atoms. The number of aromatic nitrogens is 2. The van der Waals surface area contributed by atoms with E-state index < -0.39 is 0 Å². The van der Waals surface area contributed by atoms with E-state index in [4.69, 9.17) is 10.3 Å². The summed E-state index contributed by atoms with van der Waals surface area (Å²) in [5, 5.41) is 4.03. The number of hydrogen-bond acceptors (Lipinski definition) is 4. The second-order valence-electron chi connectivity index (χ2n) is 4.87. The molecule has 102 valence electrons. The average molecular weight is 324 g/mol. The maximum absolute atomic E-state index is 5.59. The van der Waals surface area contributed by atoms with Crippen molar-refractivity contribution in [1.82, 2.24) is 10.1 Å². The van der Waals surface area contributed by atoms with Crippen LogP contribution in [0.15, 0.2) is 27.2 Å². The van der Waals surface area contributed by atoms with Gasteiger partial charge in [0.15, 0.2) is 0 Å². The zero-order chi connectivity index (χ0) is 13.8. The summed E-state index contributed by atoms with van der Waals surface area (Å²) in [4.78, 5) is 4.43. The van der Waals surface area contributed by atoms with Crippen LogP contribution in [0.1, 0.15) is 24.8 Å². The van der Waals surface area contributed by atoms with Gasteiger partial charge in [-0.25, -0.2) is 0 Å². The van der Waals surface area contributed by atoms with Crippen LogP contribution in [0.4, 0.5) is 0 Å². The molecule has 0 fully saturated rings. The highest BCUT2D eigenvalue weighted by atomic mass is 79.9. The van der Waals surface area contributed by atoms with E-state index in [0.717, 1.165) is 22.9 Å². The van der Waals surface area contributed by atoms with Gasteiger partial charge in [-0.1, -0.05) is 34.1 Å². The van der Waals surface area contributed by atoms with Crippen molar-refractivity contribution in [2.75, 3.05) is 6.54 Å². The van der Waals surface area contributed by atoms with E-state index in [9.17, 15) is 0 Å². The smallest absolute Gasteiger partial charge is 0.226 e. The normalized spacial score (nSPS) is 12.6. The quantitative estimate of drug-likeness (QED) is 0.916. The lowest BCUT2D eigenvalue weighted by atomic mass is 10.1. The predicted molar refractivity (Wildman–Crippen MR) is 78.7 cm³/mol. The molecule has 0 amide bonds. The summed E-state index contributed by atoms with van der Waals surface area (Å²) in [6.07, 6.45) is 1.74. The summed E-state index contributed by atoms with van der Waals surface area (Å²) in [5.74, 6) is 1.77. The Morgan fingerprint density at radius 2 is 2.21 bits per heavy atom. The van der Waals surface area contributed by atoms with E-state index in [1.807, 2.05) is 25.1 Å². The summed E-state index contributed by atoms with van der Waals surface area (Å²) in [6, 6.07) is 6.07. The highest BCUT2D eigenvalue weighted by Gasteiger charge is 2.12. The van der Waals surface area contributed by atoms with Crippen LogP contribution in [0, 0.1) is 12.8 Å². The molecule has 1 atom stereocenters. The number of nitrogens with two attached hydrogens (primary N) is 1. The van der Waals surface area contributed by atoms with Gasteiger partial charge in [0.2, 0.25) is 11.7 Å². The standard InChI is InChI=1S/C14H18BrN3O/c1-9-3-5-11(12(15)7-9)14-17-13(19-18-14)6-4-10(2)8-16/h3,5,7,10H,4,6,8,16H2,1-2H3. The van der Waals surface area contributed by atoms with Crippen molar-refractivity contribution in [2.24, 2.45) is 11.7 Å². The SMILES string of the molecule is Cc1ccc(-c2noc(CCC(C)CN)n2)c(Br)c1. The first-order valence-corrected chi connectivity index (χ1v) is 7.18. The summed E-state index contributed by atoms with van der Waals surface area (Å²) >= 11 is 3.53. The predicted octanol–water partition coefficient (Wildman–Crippen LogP) is 3.33. The fourth-order valence-corrected chi connectivity index (χ4v) is 2.43. The lowest BCUT2D eigenvalue weighted by molar-refractivity contribution is 0.366. The Hall–Kier alpha value is -1.20. The second kappa shape index (κ2) is 6.30. The Morgan fingerprint density at radius 1 is 1.42 bits per heavy atom. The van der Waals surface area contributed by atoms with E-state index in [1.165, 1.54) is 5.56 Å². The van der Waals surface area contributed by atoms with E-state index in [-0.39, 0.29) is 0 Å². The Balaban J connectivity index is 2.12. The average Bonchev–Trinajstić information content (AvgIpc) is 2.84. The molecular formula is C14H18BrN3O. The number of halogens is 1. The van der Waals surface area contributed by atoms with Gasteiger partial charge in [0.25, 0.3) is 0 Å². The Morgan fingerprint density at radius 3 is 2.89 bits per heavy atom. The van der Waals surface area contributed by atoms with Crippen LogP contribution < -0.4 is 5.73 Å². The van der Waals surface area contributed by atoms with Gasteiger partial charge in [0.05, 0.1) is 0 Å². The monoisotopic (exact) mass is 323 g/mol. The molecule has 4 nitrogen and oxygen atoms in total. The number of benzene rings is 1. The van der Waals surface area contributed by atoms with Gasteiger partial charge < -0.3 is 10.3 Å². The van der Waals surface area contributed by atoms with E-state index in [1.54, 1.807) is 0 Å². The third-order valence-electron chi connectivity index (χ3n) is 3.09. The van der Waals surface area contributed by atoms with Crippen LogP contribution in [0.3, 0.4) is 0 Å².